The van der Waals surface area contributed by atoms with E-state index in [0.29, 0.717) is 34.7 Å². The Bertz CT molecular complexity index is 1110. The number of aromatic nitrogens is 2. The van der Waals surface area contributed by atoms with E-state index in [0.717, 1.165) is 49.0 Å². The third kappa shape index (κ3) is 5.63. The van der Waals surface area contributed by atoms with Gasteiger partial charge in [-0.05, 0) is 68.2 Å². The molecule has 0 atom stereocenters. The summed E-state index contributed by atoms with van der Waals surface area (Å²) in [6.45, 7) is 3.07. The number of nitrogens with zero attached hydrogens (tertiary/aromatic N) is 2. The Morgan fingerprint density at radius 2 is 1.85 bits per heavy atom. The minimum atomic E-state index is -0.931. The maximum atomic E-state index is 14.8. The zero-order chi connectivity index (χ0) is 23.4. The van der Waals surface area contributed by atoms with E-state index in [1.54, 1.807) is 12.1 Å². The van der Waals surface area contributed by atoms with Crippen LogP contribution in [-0.2, 0) is 16.1 Å². The van der Waals surface area contributed by atoms with Gasteiger partial charge < -0.3 is 9.84 Å². The van der Waals surface area contributed by atoms with Crippen molar-refractivity contribution in [2.75, 3.05) is 13.2 Å². The van der Waals surface area contributed by atoms with Crippen LogP contribution >= 0.6 is 11.6 Å². The van der Waals surface area contributed by atoms with Gasteiger partial charge in [-0.25, -0.2) is 9.18 Å². The van der Waals surface area contributed by atoms with Gasteiger partial charge in [-0.3, -0.25) is 4.68 Å². The molecule has 1 saturated carbocycles. The van der Waals surface area contributed by atoms with Crippen LogP contribution in [0.5, 0.6) is 0 Å². The molecule has 1 aromatic heterocycles. The molecule has 0 unspecified atom stereocenters. The fraction of sp³-hybridized carbons (Fsp3) is 0.385. The summed E-state index contributed by atoms with van der Waals surface area (Å²) >= 11 is 5.98. The van der Waals surface area contributed by atoms with Gasteiger partial charge in [0, 0.05) is 28.4 Å². The highest BCUT2D eigenvalue weighted by atomic mass is 35.5. The standard InChI is InChI=1S/C26H28ClFN2O3/c1-17-25(20-5-3-2-4-6-20)26(22-12-11-21(27)13-23(22)28)29-30(17)14-18-7-9-19(10-8-18)15-33-16-24(31)32/h2-6,11-13,18-19H,7-10,14-16H2,1H3,(H,31,32)/t18-,19+. The highest BCUT2D eigenvalue weighted by Gasteiger charge is 2.25. The SMILES string of the molecule is Cc1c(-c2ccccc2)c(-c2ccc(Cl)cc2F)nn1C[C@H]1CC[C@@H](COCC(=O)O)CC1. The largest absolute Gasteiger partial charge is 0.480 e. The van der Waals surface area contributed by atoms with Crippen LogP contribution in [0.15, 0.2) is 48.5 Å². The zero-order valence-electron chi connectivity index (χ0n) is 18.6. The molecule has 1 fully saturated rings. The van der Waals surface area contributed by atoms with Crippen molar-refractivity contribution in [3.8, 4) is 22.4 Å². The quantitative estimate of drug-likeness (QED) is 0.424. The van der Waals surface area contributed by atoms with Crippen LogP contribution < -0.4 is 0 Å². The monoisotopic (exact) mass is 470 g/mol. The Balaban J connectivity index is 1.55. The molecular formula is C26H28ClFN2O3. The maximum absolute atomic E-state index is 14.8. The molecule has 33 heavy (non-hydrogen) atoms. The number of ether oxygens (including phenoxy) is 1. The van der Waals surface area contributed by atoms with Crippen molar-refractivity contribution >= 4 is 17.6 Å². The summed E-state index contributed by atoms with van der Waals surface area (Å²) < 4.78 is 22.1. The molecule has 0 spiro atoms. The number of carboxylic acid groups (broad SMARTS) is 1. The summed E-state index contributed by atoms with van der Waals surface area (Å²) in [7, 11) is 0. The number of hydrogen-bond acceptors (Lipinski definition) is 3. The molecule has 174 valence electrons. The van der Waals surface area contributed by atoms with E-state index in [2.05, 4.69) is 0 Å². The Morgan fingerprint density at radius 1 is 1.15 bits per heavy atom. The third-order valence-electron chi connectivity index (χ3n) is 6.43. The van der Waals surface area contributed by atoms with E-state index < -0.39 is 5.97 Å². The maximum Gasteiger partial charge on any atom is 0.329 e. The lowest BCUT2D eigenvalue weighted by atomic mass is 9.82. The van der Waals surface area contributed by atoms with Crippen molar-refractivity contribution in [2.24, 2.45) is 11.8 Å². The summed E-state index contributed by atoms with van der Waals surface area (Å²) in [5.74, 6) is -0.449. The van der Waals surface area contributed by atoms with Crippen LogP contribution in [0.3, 0.4) is 0 Å². The lowest BCUT2D eigenvalue weighted by molar-refractivity contribution is -0.142. The van der Waals surface area contributed by atoms with E-state index in [1.807, 2.05) is 41.9 Å². The second-order valence-corrected chi connectivity index (χ2v) is 9.21. The number of halogens is 2. The van der Waals surface area contributed by atoms with Crippen molar-refractivity contribution in [2.45, 2.75) is 39.2 Å². The van der Waals surface area contributed by atoms with Crippen LogP contribution in [-0.4, -0.2) is 34.1 Å². The van der Waals surface area contributed by atoms with Gasteiger partial charge in [0.05, 0.1) is 6.61 Å². The van der Waals surface area contributed by atoms with Crippen LogP contribution in [0.4, 0.5) is 4.39 Å². The third-order valence-corrected chi connectivity index (χ3v) is 6.67. The van der Waals surface area contributed by atoms with E-state index >= 15 is 0 Å². The number of carbonyl (C=O) groups is 1. The van der Waals surface area contributed by atoms with Gasteiger partial charge in [-0.15, -0.1) is 0 Å². The van der Waals surface area contributed by atoms with Crippen LogP contribution in [0.2, 0.25) is 5.02 Å². The Labute approximate surface area is 198 Å². The van der Waals surface area contributed by atoms with Gasteiger partial charge in [0.1, 0.15) is 18.1 Å². The first-order valence-electron chi connectivity index (χ1n) is 11.3. The number of carboxylic acids is 1. The topological polar surface area (TPSA) is 64.4 Å². The molecule has 1 aliphatic carbocycles. The number of benzene rings is 2. The highest BCUT2D eigenvalue weighted by Crippen LogP contribution is 2.37. The fourth-order valence-corrected chi connectivity index (χ4v) is 4.84. The summed E-state index contributed by atoms with van der Waals surface area (Å²) in [6, 6.07) is 14.7. The van der Waals surface area contributed by atoms with Gasteiger partial charge in [0.15, 0.2) is 0 Å². The number of aliphatic carboxylic acids is 1. The second-order valence-electron chi connectivity index (χ2n) is 8.78. The summed E-state index contributed by atoms with van der Waals surface area (Å²) in [6.07, 6.45) is 4.08. The van der Waals surface area contributed by atoms with Crippen molar-refractivity contribution in [3.63, 3.8) is 0 Å². The fourth-order valence-electron chi connectivity index (χ4n) is 4.68. The van der Waals surface area contributed by atoms with Crippen molar-refractivity contribution < 1.29 is 19.0 Å². The lowest BCUT2D eigenvalue weighted by Gasteiger charge is -2.28. The molecule has 0 saturated heterocycles. The van der Waals surface area contributed by atoms with Gasteiger partial charge in [0.25, 0.3) is 0 Å². The smallest absolute Gasteiger partial charge is 0.329 e. The molecule has 3 aromatic rings. The summed E-state index contributed by atoms with van der Waals surface area (Å²) in [4.78, 5) is 10.6. The number of rotatable bonds is 8. The van der Waals surface area contributed by atoms with Gasteiger partial charge >= 0.3 is 5.97 Å². The summed E-state index contributed by atoms with van der Waals surface area (Å²) in [5, 5.41) is 14.0. The van der Waals surface area contributed by atoms with Gasteiger partial charge in [-0.1, -0.05) is 41.9 Å². The Morgan fingerprint density at radius 3 is 2.52 bits per heavy atom. The summed E-state index contributed by atoms with van der Waals surface area (Å²) in [5.41, 5.74) is 4.03. The molecule has 4 rings (SSSR count). The van der Waals surface area contributed by atoms with Gasteiger partial charge in [-0.2, -0.15) is 5.10 Å². The van der Waals surface area contributed by atoms with Crippen LogP contribution in [0.1, 0.15) is 31.4 Å². The Hall–Kier alpha value is -2.70. The molecule has 0 bridgehead atoms. The average molecular weight is 471 g/mol. The average Bonchev–Trinajstić information content (AvgIpc) is 3.11. The highest BCUT2D eigenvalue weighted by molar-refractivity contribution is 6.30. The molecule has 0 amide bonds. The molecule has 2 aromatic carbocycles. The van der Waals surface area contributed by atoms with Crippen molar-refractivity contribution in [1.29, 1.82) is 0 Å². The molecule has 7 heteroatoms. The normalized spacial score (nSPS) is 18.4. The molecule has 1 heterocycles. The first-order valence-corrected chi connectivity index (χ1v) is 11.7. The van der Waals surface area contributed by atoms with Crippen LogP contribution in [0.25, 0.3) is 22.4 Å². The molecule has 0 radical (unpaired) electrons. The zero-order valence-corrected chi connectivity index (χ0v) is 19.4. The van der Waals surface area contributed by atoms with Crippen LogP contribution in [0, 0.1) is 24.6 Å². The molecule has 1 aliphatic rings. The minimum Gasteiger partial charge on any atom is -0.480 e. The first kappa shape index (κ1) is 23.5. The van der Waals surface area contributed by atoms with E-state index in [1.165, 1.54) is 6.07 Å². The predicted octanol–water partition coefficient (Wildman–Crippen LogP) is 6.23. The van der Waals surface area contributed by atoms with E-state index in [9.17, 15) is 9.18 Å². The predicted molar refractivity (Wildman–Crippen MR) is 127 cm³/mol. The molecular weight excluding hydrogens is 443 g/mol. The van der Waals surface area contributed by atoms with Crippen molar-refractivity contribution in [1.82, 2.24) is 9.78 Å². The van der Waals surface area contributed by atoms with E-state index in [4.69, 9.17) is 26.5 Å². The number of hydrogen-bond donors (Lipinski definition) is 1. The molecule has 1 N–H and O–H groups in total. The van der Waals surface area contributed by atoms with Gasteiger partial charge in [0.2, 0.25) is 0 Å². The first-order chi connectivity index (χ1) is 15.9. The minimum absolute atomic E-state index is 0.237. The second kappa shape index (κ2) is 10.5. The van der Waals surface area contributed by atoms with E-state index in [-0.39, 0.29) is 12.4 Å². The van der Waals surface area contributed by atoms with Crippen molar-refractivity contribution in [3.05, 3.63) is 65.1 Å². The molecule has 0 aliphatic heterocycles. The lowest BCUT2D eigenvalue weighted by Crippen LogP contribution is -2.23. The molecule has 5 nitrogen and oxygen atoms in total. The Kier molecular flexibility index (Phi) is 7.46.